The predicted molar refractivity (Wildman–Crippen MR) is 146 cm³/mol. The predicted octanol–water partition coefficient (Wildman–Crippen LogP) is 5.71. The van der Waals surface area contributed by atoms with Crippen molar-refractivity contribution in [1.29, 1.82) is 0 Å². The van der Waals surface area contributed by atoms with Gasteiger partial charge in [-0.05, 0) is 60.7 Å². The van der Waals surface area contributed by atoms with Gasteiger partial charge in [-0.15, -0.1) is 11.8 Å². The number of nitrogens with zero attached hydrogens (tertiary/aromatic N) is 1. The zero-order chi connectivity index (χ0) is 25.8. The molecule has 6 nitrogen and oxygen atoms in total. The Morgan fingerprint density at radius 3 is 2.27 bits per heavy atom. The molecule has 3 aromatic rings. The number of hydrogen-bond donors (Lipinski definition) is 2. The summed E-state index contributed by atoms with van der Waals surface area (Å²) in [5, 5.41) is 11.9. The molecular weight excluding hydrogens is 484 g/mol. The van der Waals surface area contributed by atoms with Gasteiger partial charge in [0.05, 0.1) is 11.8 Å². The van der Waals surface area contributed by atoms with E-state index in [1.54, 1.807) is 12.1 Å². The number of thioether (sulfide) groups is 1. The number of amides is 2. The van der Waals surface area contributed by atoms with E-state index in [2.05, 4.69) is 11.4 Å². The SMILES string of the molecule is O=C(O)[C@H]1CC=CC[C@@H]1C(=O)Nc1ccc(S[C@@H](C(=O)N2CCc3ccccc32)c2ccccc2)cc1. The van der Waals surface area contributed by atoms with Crippen molar-refractivity contribution in [1.82, 2.24) is 0 Å². The molecule has 0 saturated carbocycles. The number of carbonyl (C=O) groups excluding carboxylic acids is 2. The fourth-order valence-corrected chi connectivity index (χ4v) is 6.05. The van der Waals surface area contributed by atoms with Gasteiger partial charge < -0.3 is 15.3 Å². The van der Waals surface area contributed by atoms with E-state index >= 15 is 0 Å². The van der Waals surface area contributed by atoms with Gasteiger partial charge in [-0.2, -0.15) is 0 Å². The maximum absolute atomic E-state index is 13.8. The fraction of sp³-hybridized carbons (Fsp3) is 0.233. The highest BCUT2D eigenvalue weighted by Crippen LogP contribution is 2.40. The second-order valence-electron chi connectivity index (χ2n) is 9.28. The molecule has 188 valence electrons. The molecule has 1 heterocycles. The molecule has 3 atom stereocenters. The summed E-state index contributed by atoms with van der Waals surface area (Å²) < 4.78 is 0. The minimum absolute atomic E-state index is 0.0450. The van der Waals surface area contributed by atoms with Crippen LogP contribution in [0.5, 0.6) is 0 Å². The van der Waals surface area contributed by atoms with E-state index in [9.17, 15) is 19.5 Å². The van der Waals surface area contributed by atoms with Crippen LogP contribution in [0.3, 0.4) is 0 Å². The summed E-state index contributed by atoms with van der Waals surface area (Å²) in [5.74, 6) is -2.51. The maximum Gasteiger partial charge on any atom is 0.307 e. The molecule has 37 heavy (non-hydrogen) atoms. The number of benzene rings is 3. The van der Waals surface area contributed by atoms with Gasteiger partial charge in [0.25, 0.3) is 0 Å². The first kappa shape index (κ1) is 24.8. The van der Waals surface area contributed by atoms with Crippen molar-refractivity contribution in [3.63, 3.8) is 0 Å². The minimum atomic E-state index is -0.950. The van der Waals surface area contributed by atoms with Crippen LogP contribution < -0.4 is 10.2 Å². The standard InChI is InChI=1S/C30H28N2O4S/c33-28(24-11-5-6-12-25(24)30(35)36)31-22-14-16-23(17-15-22)37-27(21-9-2-1-3-10-21)29(34)32-19-18-20-8-4-7-13-26(20)32/h1-10,13-17,24-25,27H,11-12,18-19H2,(H,31,33)(H,35,36)/t24-,25-,27+/m0/s1. The Bertz CT molecular complexity index is 1320. The Kier molecular flexibility index (Phi) is 7.42. The zero-order valence-electron chi connectivity index (χ0n) is 20.2. The lowest BCUT2D eigenvalue weighted by atomic mass is 9.82. The number of anilines is 2. The molecule has 5 rings (SSSR count). The number of carboxylic acids is 1. The van der Waals surface area contributed by atoms with Crippen LogP contribution >= 0.6 is 11.8 Å². The molecule has 2 amide bonds. The second-order valence-corrected chi connectivity index (χ2v) is 10.5. The van der Waals surface area contributed by atoms with Crippen LogP contribution in [0.25, 0.3) is 0 Å². The first-order valence-electron chi connectivity index (χ1n) is 12.4. The lowest BCUT2D eigenvalue weighted by Crippen LogP contribution is -2.34. The average Bonchev–Trinajstić information content (AvgIpc) is 3.37. The first-order valence-corrected chi connectivity index (χ1v) is 13.3. The normalized spacial score (nSPS) is 19.2. The number of hydrogen-bond acceptors (Lipinski definition) is 4. The van der Waals surface area contributed by atoms with Crippen LogP contribution in [0, 0.1) is 11.8 Å². The third-order valence-corrected chi connectivity index (χ3v) is 8.20. The molecule has 0 bridgehead atoms. The molecule has 0 unspecified atom stereocenters. The minimum Gasteiger partial charge on any atom is -0.481 e. The van der Waals surface area contributed by atoms with E-state index in [0.717, 1.165) is 22.6 Å². The summed E-state index contributed by atoms with van der Waals surface area (Å²) in [6, 6.07) is 25.2. The molecular formula is C30H28N2O4S. The molecule has 1 aliphatic carbocycles. The number of aliphatic carboxylic acids is 1. The van der Waals surface area contributed by atoms with Crippen molar-refractivity contribution in [3.05, 3.63) is 102 Å². The Labute approximate surface area is 220 Å². The van der Waals surface area contributed by atoms with Crippen molar-refractivity contribution >= 4 is 40.9 Å². The summed E-state index contributed by atoms with van der Waals surface area (Å²) >= 11 is 1.48. The van der Waals surface area contributed by atoms with Gasteiger partial charge >= 0.3 is 5.97 Å². The Morgan fingerprint density at radius 1 is 0.865 bits per heavy atom. The highest BCUT2D eigenvalue weighted by Gasteiger charge is 2.34. The molecule has 0 spiro atoms. The highest BCUT2D eigenvalue weighted by molar-refractivity contribution is 8.00. The molecule has 1 aliphatic heterocycles. The van der Waals surface area contributed by atoms with Gasteiger partial charge in [0.2, 0.25) is 11.8 Å². The molecule has 3 aromatic carbocycles. The van der Waals surface area contributed by atoms with Crippen molar-refractivity contribution in [2.45, 2.75) is 29.4 Å². The molecule has 0 fully saturated rings. The highest BCUT2D eigenvalue weighted by atomic mass is 32.2. The molecule has 7 heteroatoms. The lowest BCUT2D eigenvalue weighted by Gasteiger charge is -2.25. The van der Waals surface area contributed by atoms with Crippen LogP contribution in [-0.4, -0.2) is 29.4 Å². The number of allylic oxidation sites excluding steroid dienone is 2. The molecule has 0 saturated heterocycles. The first-order chi connectivity index (χ1) is 18.0. The number of carbonyl (C=O) groups is 3. The van der Waals surface area contributed by atoms with Crippen LogP contribution in [0.1, 0.15) is 29.2 Å². The van der Waals surface area contributed by atoms with Gasteiger partial charge in [-0.3, -0.25) is 14.4 Å². The van der Waals surface area contributed by atoms with Crippen molar-refractivity contribution < 1.29 is 19.5 Å². The summed E-state index contributed by atoms with van der Waals surface area (Å²) in [6.45, 7) is 0.667. The van der Waals surface area contributed by atoms with Gasteiger partial charge in [-0.1, -0.05) is 60.7 Å². The van der Waals surface area contributed by atoms with E-state index < -0.39 is 23.1 Å². The van der Waals surface area contributed by atoms with Crippen molar-refractivity contribution in [2.75, 3.05) is 16.8 Å². The van der Waals surface area contributed by atoms with Crippen LogP contribution in [0.2, 0.25) is 0 Å². The fourth-order valence-electron chi connectivity index (χ4n) is 4.96. The van der Waals surface area contributed by atoms with Gasteiger partial charge in [0, 0.05) is 22.8 Å². The lowest BCUT2D eigenvalue weighted by molar-refractivity contribution is -0.146. The number of para-hydroxylation sites is 1. The maximum atomic E-state index is 13.8. The summed E-state index contributed by atoms with van der Waals surface area (Å²) in [6.07, 6.45) is 5.31. The van der Waals surface area contributed by atoms with E-state index in [0.29, 0.717) is 25.1 Å². The molecule has 2 aliphatic rings. The monoisotopic (exact) mass is 512 g/mol. The van der Waals surface area contributed by atoms with E-state index in [1.165, 1.54) is 17.3 Å². The van der Waals surface area contributed by atoms with Gasteiger partial charge in [0.15, 0.2) is 0 Å². The second kappa shape index (κ2) is 11.0. The number of fused-ring (bicyclic) bond motifs is 1. The third kappa shape index (κ3) is 5.47. The zero-order valence-corrected chi connectivity index (χ0v) is 21.1. The van der Waals surface area contributed by atoms with Crippen molar-refractivity contribution in [2.24, 2.45) is 11.8 Å². The summed E-state index contributed by atoms with van der Waals surface area (Å²) in [4.78, 5) is 40.9. The molecule has 2 N–H and O–H groups in total. The number of carboxylic acid groups (broad SMARTS) is 1. The van der Waals surface area contributed by atoms with Gasteiger partial charge in [-0.25, -0.2) is 0 Å². The van der Waals surface area contributed by atoms with Crippen LogP contribution in [0.15, 0.2) is 95.9 Å². The smallest absolute Gasteiger partial charge is 0.307 e. The van der Waals surface area contributed by atoms with Gasteiger partial charge in [0.1, 0.15) is 5.25 Å². The average molecular weight is 513 g/mol. The largest absolute Gasteiger partial charge is 0.481 e. The van der Waals surface area contributed by atoms with E-state index in [-0.39, 0.29) is 11.8 Å². The van der Waals surface area contributed by atoms with Crippen LogP contribution in [-0.2, 0) is 20.8 Å². The third-order valence-electron chi connectivity index (χ3n) is 6.94. The van der Waals surface area contributed by atoms with E-state index in [1.807, 2.05) is 77.7 Å². The molecule has 0 radical (unpaired) electrons. The Balaban J connectivity index is 1.32. The Morgan fingerprint density at radius 2 is 1.54 bits per heavy atom. The quantitative estimate of drug-likeness (QED) is 0.313. The number of nitrogens with one attached hydrogen (secondary N) is 1. The summed E-state index contributed by atoms with van der Waals surface area (Å²) in [5.41, 5.74) is 3.70. The van der Waals surface area contributed by atoms with Crippen LogP contribution in [0.4, 0.5) is 11.4 Å². The topological polar surface area (TPSA) is 86.7 Å². The van der Waals surface area contributed by atoms with Crippen molar-refractivity contribution in [3.8, 4) is 0 Å². The Hall–Kier alpha value is -3.84. The number of rotatable bonds is 7. The van der Waals surface area contributed by atoms with E-state index in [4.69, 9.17) is 0 Å². The summed E-state index contributed by atoms with van der Waals surface area (Å²) in [7, 11) is 0. The molecule has 0 aromatic heterocycles.